The Morgan fingerprint density at radius 2 is 2.10 bits per heavy atom. The zero-order valence-electron chi connectivity index (χ0n) is 10.6. The molecule has 20 heavy (non-hydrogen) atoms. The first-order valence-electron chi connectivity index (χ1n) is 6.02. The lowest BCUT2D eigenvalue weighted by atomic mass is 9.99. The Labute approximate surface area is 134 Å². The number of carboxylic acids is 1. The van der Waals surface area contributed by atoms with Gasteiger partial charge in [0.05, 0.1) is 5.75 Å². The van der Waals surface area contributed by atoms with Crippen LogP contribution in [0.1, 0.15) is 6.42 Å². The molecule has 0 saturated carbocycles. The van der Waals surface area contributed by atoms with Gasteiger partial charge < -0.3 is 10.4 Å². The first-order chi connectivity index (χ1) is 9.52. The summed E-state index contributed by atoms with van der Waals surface area (Å²) in [6.07, 6.45) is 0.488. The first kappa shape index (κ1) is 15.7. The van der Waals surface area contributed by atoms with Crippen molar-refractivity contribution in [3.05, 3.63) is 28.7 Å². The van der Waals surface area contributed by atoms with Gasteiger partial charge in [0.15, 0.2) is 0 Å². The van der Waals surface area contributed by atoms with Crippen molar-refractivity contribution in [1.29, 1.82) is 0 Å². The normalized spacial score (nSPS) is 21.6. The Balaban J connectivity index is 1.89. The van der Waals surface area contributed by atoms with E-state index in [9.17, 15) is 14.7 Å². The molecule has 1 unspecified atom stereocenters. The minimum atomic E-state index is -1.08. The van der Waals surface area contributed by atoms with E-state index in [1.54, 1.807) is 11.8 Å². The summed E-state index contributed by atoms with van der Waals surface area (Å²) in [6.45, 7) is 0. The molecule has 0 radical (unpaired) electrons. The molecule has 1 atom stereocenters. The first-order valence-corrected chi connectivity index (χ1v) is 8.96. The fourth-order valence-electron chi connectivity index (χ4n) is 1.87. The maximum absolute atomic E-state index is 11.9. The van der Waals surface area contributed by atoms with Crippen LogP contribution in [0.2, 0.25) is 0 Å². The Hall–Kier alpha value is -0.660. The largest absolute Gasteiger partial charge is 0.479 e. The van der Waals surface area contributed by atoms with Crippen LogP contribution in [-0.4, -0.2) is 39.8 Å². The van der Waals surface area contributed by atoms with Crippen molar-refractivity contribution < 1.29 is 14.7 Å². The summed E-state index contributed by atoms with van der Waals surface area (Å²) >= 11 is 6.31. The van der Waals surface area contributed by atoms with Crippen molar-refractivity contribution >= 4 is 51.3 Å². The quantitative estimate of drug-likeness (QED) is 0.774. The maximum Gasteiger partial charge on any atom is 0.330 e. The zero-order valence-corrected chi connectivity index (χ0v) is 13.8. The minimum Gasteiger partial charge on any atom is -0.479 e. The molecule has 1 saturated heterocycles. The summed E-state index contributed by atoms with van der Waals surface area (Å²) < 4.78 is 0.985. The number of amides is 1. The van der Waals surface area contributed by atoms with Gasteiger partial charge in [0.1, 0.15) is 5.54 Å². The average Bonchev–Trinajstić information content (AvgIpc) is 2.88. The predicted octanol–water partition coefficient (Wildman–Crippen LogP) is 2.62. The number of nitrogens with one attached hydrogen (secondary N) is 1. The van der Waals surface area contributed by atoms with E-state index in [1.165, 1.54) is 11.8 Å². The van der Waals surface area contributed by atoms with Crippen molar-refractivity contribution in [2.75, 3.05) is 17.3 Å². The van der Waals surface area contributed by atoms with Crippen LogP contribution in [0.4, 0.5) is 0 Å². The maximum atomic E-state index is 11.9. The standard InChI is InChI=1S/C13H14BrNO3S2/c14-9-1-3-10(4-2-9)20-7-11(16)15-13(12(17)18)5-6-19-8-13/h1-4H,5-8H2,(H,15,16)(H,17,18). The second-order valence-corrected chi connectivity index (χ2v) is 7.55. The molecular formula is C13H14BrNO3S2. The highest BCUT2D eigenvalue weighted by molar-refractivity contribution is 9.10. The monoisotopic (exact) mass is 375 g/mol. The van der Waals surface area contributed by atoms with Gasteiger partial charge in [0, 0.05) is 15.1 Å². The summed E-state index contributed by atoms with van der Waals surface area (Å²) in [5.41, 5.74) is -1.08. The molecule has 0 aliphatic carbocycles. The molecule has 2 rings (SSSR count). The van der Waals surface area contributed by atoms with Crippen molar-refractivity contribution in [2.24, 2.45) is 0 Å². The molecule has 1 aliphatic heterocycles. The highest BCUT2D eigenvalue weighted by Crippen LogP contribution is 2.28. The van der Waals surface area contributed by atoms with E-state index < -0.39 is 11.5 Å². The highest BCUT2D eigenvalue weighted by atomic mass is 79.9. The van der Waals surface area contributed by atoms with Crippen LogP contribution >= 0.6 is 39.5 Å². The number of rotatable bonds is 5. The van der Waals surface area contributed by atoms with E-state index in [4.69, 9.17) is 0 Å². The van der Waals surface area contributed by atoms with Gasteiger partial charge in [0.2, 0.25) is 5.91 Å². The number of hydrogen-bond donors (Lipinski definition) is 2. The molecule has 1 aromatic carbocycles. The van der Waals surface area contributed by atoms with E-state index in [0.717, 1.165) is 15.1 Å². The van der Waals surface area contributed by atoms with Crippen LogP contribution in [0.5, 0.6) is 0 Å². The molecule has 7 heteroatoms. The second kappa shape index (κ2) is 6.87. The van der Waals surface area contributed by atoms with Gasteiger partial charge in [-0.05, 0) is 36.4 Å². The fourth-order valence-corrected chi connectivity index (χ4v) is 4.16. The van der Waals surface area contributed by atoms with E-state index in [-0.39, 0.29) is 11.7 Å². The van der Waals surface area contributed by atoms with Crippen LogP contribution in [0.25, 0.3) is 0 Å². The summed E-state index contributed by atoms with van der Waals surface area (Å²) in [5, 5.41) is 12.0. The molecule has 0 aromatic heterocycles. The van der Waals surface area contributed by atoms with Gasteiger partial charge in [-0.2, -0.15) is 11.8 Å². The number of halogens is 1. The van der Waals surface area contributed by atoms with E-state index in [1.807, 2.05) is 24.3 Å². The number of aliphatic carboxylic acids is 1. The number of hydrogen-bond acceptors (Lipinski definition) is 4. The summed E-state index contributed by atoms with van der Waals surface area (Å²) in [7, 11) is 0. The van der Waals surface area contributed by atoms with Gasteiger partial charge in [0.25, 0.3) is 0 Å². The summed E-state index contributed by atoms with van der Waals surface area (Å²) in [4.78, 5) is 24.2. The van der Waals surface area contributed by atoms with Gasteiger partial charge in [-0.3, -0.25) is 4.79 Å². The van der Waals surface area contributed by atoms with Crippen LogP contribution in [-0.2, 0) is 9.59 Å². The van der Waals surface area contributed by atoms with Crippen molar-refractivity contribution in [3.63, 3.8) is 0 Å². The summed E-state index contributed by atoms with van der Waals surface area (Å²) in [6, 6.07) is 7.65. The number of benzene rings is 1. The van der Waals surface area contributed by atoms with Gasteiger partial charge in [-0.1, -0.05) is 15.9 Å². The highest BCUT2D eigenvalue weighted by Gasteiger charge is 2.43. The fraction of sp³-hybridized carbons (Fsp3) is 0.385. The summed E-state index contributed by atoms with van der Waals surface area (Å²) in [5.74, 6) is 0.262. The topological polar surface area (TPSA) is 66.4 Å². The molecule has 1 aromatic rings. The van der Waals surface area contributed by atoms with E-state index >= 15 is 0 Å². The van der Waals surface area contributed by atoms with E-state index in [0.29, 0.717) is 12.2 Å². The van der Waals surface area contributed by atoms with Crippen molar-refractivity contribution in [1.82, 2.24) is 5.32 Å². The molecule has 1 aliphatic rings. The Bertz CT molecular complexity index is 501. The third-order valence-corrected chi connectivity index (χ3v) is 5.72. The van der Waals surface area contributed by atoms with Crippen LogP contribution in [0.15, 0.2) is 33.6 Å². The molecule has 1 fully saturated rings. The smallest absolute Gasteiger partial charge is 0.330 e. The van der Waals surface area contributed by atoms with Gasteiger partial charge in [-0.25, -0.2) is 4.79 Å². The molecule has 1 amide bonds. The SMILES string of the molecule is O=C(CSc1ccc(Br)cc1)NC1(C(=O)O)CCSC1. The molecular weight excluding hydrogens is 362 g/mol. The molecule has 0 bridgehead atoms. The number of carbonyl (C=O) groups is 2. The lowest BCUT2D eigenvalue weighted by Crippen LogP contribution is -2.55. The number of thioether (sulfide) groups is 2. The minimum absolute atomic E-state index is 0.224. The van der Waals surface area contributed by atoms with Gasteiger partial charge >= 0.3 is 5.97 Å². The zero-order chi connectivity index (χ0) is 14.6. The third kappa shape index (κ3) is 3.93. The van der Waals surface area contributed by atoms with Gasteiger partial charge in [-0.15, -0.1) is 11.8 Å². The second-order valence-electron chi connectivity index (χ2n) is 4.48. The van der Waals surface area contributed by atoms with E-state index in [2.05, 4.69) is 21.2 Å². The van der Waals surface area contributed by atoms with Crippen molar-refractivity contribution in [2.45, 2.75) is 16.9 Å². The van der Waals surface area contributed by atoms with Crippen LogP contribution in [0.3, 0.4) is 0 Å². The number of carboxylic acid groups (broad SMARTS) is 1. The van der Waals surface area contributed by atoms with Crippen LogP contribution < -0.4 is 5.32 Å². The lowest BCUT2D eigenvalue weighted by molar-refractivity contribution is -0.146. The predicted molar refractivity (Wildman–Crippen MR) is 85.3 cm³/mol. The number of carbonyl (C=O) groups excluding carboxylic acids is 1. The molecule has 4 nitrogen and oxygen atoms in total. The Kier molecular flexibility index (Phi) is 5.40. The van der Waals surface area contributed by atoms with Crippen LogP contribution in [0, 0.1) is 0 Å². The average molecular weight is 376 g/mol. The molecule has 1 heterocycles. The lowest BCUT2D eigenvalue weighted by Gasteiger charge is -2.24. The Morgan fingerprint density at radius 3 is 2.65 bits per heavy atom. The third-order valence-electron chi connectivity index (χ3n) is 2.99. The van der Waals surface area contributed by atoms with Crippen molar-refractivity contribution in [3.8, 4) is 0 Å². The Morgan fingerprint density at radius 1 is 1.40 bits per heavy atom. The molecule has 2 N–H and O–H groups in total. The molecule has 0 spiro atoms. The molecule has 108 valence electrons.